The van der Waals surface area contributed by atoms with Crippen LogP contribution in [-0.4, -0.2) is 62.0 Å². The van der Waals surface area contributed by atoms with Crippen LogP contribution in [0.2, 0.25) is 5.02 Å². The lowest BCUT2D eigenvalue weighted by Gasteiger charge is -2.33. The number of carbonyl (C=O) groups is 2. The number of amides is 1. The first-order valence-electron chi connectivity index (χ1n) is 9.14. The largest absolute Gasteiger partial charge is 0.325 e. The van der Waals surface area contributed by atoms with Gasteiger partial charge in [0.25, 0.3) is 0 Å². The molecule has 0 radical (unpaired) electrons. The van der Waals surface area contributed by atoms with E-state index in [9.17, 15) is 18.0 Å². The van der Waals surface area contributed by atoms with Crippen LogP contribution < -0.4 is 5.32 Å². The molecule has 9 heteroatoms. The molecule has 1 aliphatic heterocycles. The number of rotatable bonds is 6. The topological polar surface area (TPSA) is 86.8 Å². The summed E-state index contributed by atoms with van der Waals surface area (Å²) in [5.41, 5.74) is 1.20. The maximum absolute atomic E-state index is 12.7. The summed E-state index contributed by atoms with van der Waals surface area (Å²) in [5.74, 6) is -0.219. The fourth-order valence-corrected chi connectivity index (χ4v) is 4.62. The number of sulfonamides is 1. The van der Waals surface area contributed by atoms with Crippen molar-refractivity contribution in [2.45, 2.75) is 11.8 Å². The zero-order valence-electron chi connectivity index (χ0n) is 16.0. The van der Waals surface area contributed by atoms with E-state index in [0.717, 1.165) is 0 Å². The SMILES string of the molecule is CC(=O)c1ccc(NC(=O)CN2CCN(S(=O)(=O)c3ccc(Cl)cc3)CC2)cc1. The number of piperazine rings is 1. The molecule has 1 N–H and O–H groups in total. The molecule has 0 aliphatic carbocycles. The Hall–Kier alpha value is -2.26. The Morgan fingerprint density at radius 1 is 0.966 bits per heavy atom. The van der Waals surface area contributed by atoms with E-state index in [1.165, 1.54) is 23.4 Å². The van der Waals surface area contributed by atoms with E-state index in [2.05, 4.69) is 5.32 Å². The highest BCUT2D eigenvalue weighted by Gasteiger charge is 2.29. The highest BCUT2D eigenvalue weighted by atomic mass is 35.5. The van der Waals surface area contributed by atoms with E-state index >= 15 is 0 Å². The van der Waals surface area contributed by atoms with Crippen molar-refractivity contribution in [1.82, 2.24) is 9.21 Å². The zero-order valence-corrected chi connectivity index (χ0v) is 17.5. The number of nitrogens with zero attached hydrogens (tertiary/aromatic N) is 2. The summed E-state index contributed by atoms with van der Waals surface area (Å²) >= 11 is 5.83. The predicted molar refractivity (Wildman–Crippen MR) is 112 cm³/mol. The van der Waals surface area contributed by atoms with Crippen LogP contribution >= 0.6 is 11.6 Å². The van der Waals surface area contributed by atoms with Crippen molar-refractivity contribution in [2.75, 3.05) is 38.0 Å². The van der Waals surface area contributed by atoms with Crippen LogP contribution in [0.1, 0.15) is 17.3 Å². The third-order valence-electron chi connectivity index (χ3n) is 4.73. The van der Waals surface area contributed by atoms with Crippen LogP contribution in [0.5, 0.6) is 0 Å². The number of halogens is 1. The number of benzene rings is 2. The van der Waals surface area contributed by atoms with Gasteiger partial charge in [0.2, 0.25) is 15.9 Å². The molecule has 3 rings (SSSR count). The van der Waals surface area contributed by atoms with Crippen LogP contribution in [0.3, 0.4) is 0 Å². The molecular weight excluding hydrogens is 414 g/mol. The average Bonchev–Trinajstić information content (AvgIpc) is 2.69. The van der Waals surface area contributed by atoms with Gasteiger partial charge >= 0.3 is 0 Å². The van der Waals surface area contributed by atoms with Crippen molar-refractivity contribution in [1.29, 1.82) is 0 Å². The van der Waals surface area contributed by atoms with Gasteiger partial charge in [0.15, 0.2) is 5.78 Å². The summed E-state index contributed by atoms with van der Waals surface area (Å²) in [4.78, 5) is 25.7. The van der Waals surface area contributed by atoms with Crippen molar-refractivity contribution >= 4 is 39.0 Å². The number of ketones is 1. The predicted octanol–water partition coefficient (Wildman–Crippen LogP) is 2.49. The molecule has 0 atom stereocenters. The summed E-state index contributed by atoms with van der Waals surface area (Å²) in [7, 11) is -3.57. The van der Waals surface area contributed by atoms with Gasteiger partial charge in [-0.1, -0.05) is 11.6 Å². The monoisotopic (exact) mass is 435 g/mol. The quantitative estimate of drug-likeness (QED) is 0.704. The summed E-state index contributed by atoms with van der Waals surface area (Å²) in [6.07, 6.45) is 0. The molecule has 0 spiro atoms. The number of hydrogen-bond donors (Lipinski definition) is 1. The van der Waals surface area contributed by atoms with Crippen LogP contribution in [0.4, 0.5) is 5.69 Å². The van der Waals surface area contributed by atoms with E-state index < -0.39 is 10.0 Å². The molecule has 154 valence electrons. The molecule has 0 bridgehead atoms. The lowest BCUT2D eigenvalue weighted by molar-refractivity contribution is -0.117. The average molecular weight is 436 g/mol. The highest BCUT2D eigenvalue weighted by Crippen LogP contribution is 2.20. The number of Topliss-reactive ketones (excluding diaryl/α,β-unsaturated/α-hetero) is 1. The fourth-order valence-electron chi connectivity index (χ4n) is 3.08. The second-order valence-corrected chi connectivity index (χ2v) is 9.19. The second-order valence-electron chi connectivity index (χ2n) is 6.82. The van der Waals surface area contributed by atoms with Gasteiger partial charge in [-0.3, -0.25) is 14.5 Å². The molecule has 0 saturated carbocycles. The minimum absolute atomic E-state index is 0.0331. The Morgan fingerprint density at radius 3 is 2.10 bits per heavy atom. The van der Waals surface area contributed by atoms with E-state index in [1.54, 1.807) is 36.4 Å². The zero-order chi connectivity index (χ0) is 21.0. The smallest absolute Gasteiger partial charge is 0.243 e. The van der Waals surface area contributed by atoms with Gasteiger partial charge in [-0.15, -0.1) is 0 Å². The highest BCUT2D eigenvalue weighted by molar-refractivity contribution is 7.89. The Kier molecular flexibility index (Phi) is 6.69. The van der Waals surface area contributed by atoms with Gasteiger partial charge < -0.3 is 5.32 Å². The lowest BCUT2D eigenvalue weighted by Crippen LogP contribution is -2.50. The third-order valence-corrected chi connectivity index (χ3v) is 6.89. The first-order chi connectivity index (χ1) is 13.8. The summed E-state index contributed by atoms with van der Waals surface area (Å²) in [6, 6.07) is 12.8. The van der Waals surface area contributed by atoms with Gasteiger partial charge in [-0.25, -0.2) is 8.42 Å². The Balaban J connectivity index is 1.52. The standard InChI is InChI=1S/C20H22ClN3O4S/c1-15(25)16-2-6-18(7-3-16)22-20(26)14-23-10-12-24(13-11-23)29(27,28)19-8-4-17(21)5-9-19/h2-9H,10-14H2,1H3,(H,22,26). The Labute approximate surface area is 175 Å². The molecule has 1 aliphatic rings. The molecule has 0 unspecified atom stereocenters. The molecule has 0 aromatic heterocycles. The lowest BCUT2D eigenvalue weighted by atomic mass is 10.1. The Morgan fingerprint density at radius 2 is 1.55 bits per heavy atom. The van der Waals surface area contributed by atoms with Gasteiger partial charge in [0.05, 0.1) is 11.4 Å². The molecular formula is C20H22ClN3O4S. The normalized spacial score (nSPS) is 15.8. The van der Waals surface area contributed by atoms with Crippen molar-refractivity contribution in [3.8, 4) is 0 Å². The first kappa shape index (κ1) is 21.4. The van der Waals surface area contributed by atoms with Crippen molar-refractivity contribution in [3.63, 3.8) is 0 Å². The molecule has 1 amide bonds. The molecule has 1 saturated heterocycles. The Bertz CT molecular complexity index is 983. The number of carbonyl (C=O) groups excluding carboxylic acids is 2. The maximum Gasteiger partial charge on any atom is 0.243 e. The number of nitrogens with one attached hydrogen (secondary N) is 1. The van der Waals surface area contributed by atoms with Crippen molar-refractivity contribution < 1.29 is 18.0 Å². The minimum atomic E-state index is -3.57. The minimum Gasteiger partial charge on any atom is -0.325 e. The van der Waals surface area contributed by atoms with Crippen molar-refractivity contribution in [2.24, 2.45) is 0 Å². The molecule has 1 fully saturated rings. The number of hydrogen-bond acceptors (Lipinski definition) is 5. The van der Waals surface area contributed by atoms with Gasteiger partial charge in [-0.2, -0.15) is 4.31 Å². The fraction of sp³-hybridized carbons (Fsp3) is 0.300. The van der Waals surface area contributed by atoms with Gasteiger partial charge in [-0.05, 0) is 55.5 Å². The van der Waals surface area contributed by atoms with Crippen LogP contribution in [0.15, 0.2) is 53.4 Å². The summed E-state index contributed by atoms with van der Waals surface area (Å²) in [6.45, 7) is 3.20. The van der Waals surface area contributed by atoms with Crippen LogP contribution in [0, 0.1) is 0 Å². The molecule has 7 nitrogen and oxygen atoms in total. The van der Waals surface area contributed by atoms with Crippen LogP contribution in [0.25, 0.3) is 0 Å². The van der Waals surface area contributed by atoms with Crippen molar-refractivity contribution in [3.05, 3.63) is 59.1 Å². The maximum atomic E-state index is 12.7. The molecule has 2 aromatic rings. The first-order valence-corrected chi connectivity index (χ1v) is 11.0. The molecule has 1 heterocycles. The van der Waals surface area contributed by atoms with Gasteiger partial charge in [0, 0.05) is 42.5 Å². The second kappa shape index (κ2) is 9.04. The van der Waals surface area contributed by atoms with E-state index in [-0.39, 0.29) is 23.1 Å². The third kappa shape index (κ3) is 5.42. The molecule has 2 aromatic carbocycles. The van der Waals surface area contributed by atoms with E-state index in [1.807, 2.05) is 4.90 Å². The van der Waals surface area contributed by atoms with E-state index in [0.29, 0.717) is 42.5 Å². The summed E-state index contributed by atoms with van der Waals surface area (Å²) in [5, 5.41) is 3.27. The van der Waals surface area contributed by atoms with E-state index in [4.69, 9.17) is 11.6 Å². The number of anilines is 1. The summed E-state index contributed by atoms with van der Waals surface area (Å²) < 4.78 is 26.8. The van der Waals surface area contributed by atoms with Gasteiger partial charge in [0.1, 0.15) is 0 Å². The molecule has 29 heavy (non-hydrogen) atoms. The van der Waals surface area contributed by atoms with Crippen LogP contribution in [-0.2, 0) is 14.8 Å².